The molecule has 196 valence electrons. The zero-order valence-electron chi connectivity index (χ0n) is 22.7. The van der Waals surface area contributed by atoms with Gasteiger partial charge in [0, 0.05) is 0 Å². The molecule has 0 heterocycles. The van der Waals surface area contributed by atoms with Gasteiger partial charge in [-0.2, -0.15) is 0 Å². The Labute approximate surface area is 208 Å². The molecule has 0 aliphatic heterocycles. The van der Waals surface area contributed by atoms with E-state index in [4.69, 9.17) is 14.2 Å². The van der Waals surface area contributed by atoms with E-state index in [-0.39, 0.29) is 24.7 Å². The number of aliphatic carboxylic acids is 1. The molecule has 1 aromatic rings. The van der Waals surface area contributed by atoms with Crippen molar-refractivity contribution in [3.8, 4) is 17.2 Å². The van der Waals surface area contributed by atoms with E-state index in [9.17, 15) is 9.90 Å². The summed E-state index contributed by atoms with van der Waals surface area (Å²) in [6, 6.07) is 3.65. The van der Waals surface area contributed by atoms with Crippen LogP contribution >= 0.6 is 0 Å². The monoisotopic (exact) mass is 478 g/mol. The van der Waals surface area contributed by atoms with Crippen molar-refractivity contribution in [2.45, 2.75) is 143 Å². The molecule has 5 nitrogen and oxygen atoms in total. The summed E-state index contributed by atoms with van der Waals surface area (Å²) < 4.78 is 19.2. The van der Waals surface area contributed by atoms with Crippen molar-refractivity contribution in [1.82, 2.24) is 0 Å². The van der Waals surface area contributed by atoms with Crippen molar-refractivity contribution in [2.24, 2.45) is 0 Å². The third-order valence-electron chi connectivity index (χ3n) is 6.05. The Hall–Kier alpha value is -1.91. The molecule has 0 bridgehead atoms. The molecule has 0 spiro atoms. The first-order valence-electron chi connectivity index (χ1n) is 13.7. The third-order valence-corrected chi connectivity index (χ3v) is 6.05. The van der Waals surface area contributed by atoms with Gasteiger partial charge in [0.2, 0.25) is 5.75 Å². The Bertz CT molecular complexity index is 648. The number of hydrogen-bond donors (Lipinski definition) is 1. The summed E-state index contributed by atoms with van der Waals surface area (Å²) >= 11 is 0. The summed E-state index contributed by atoms with van der Waals surface area (Å²) in [7, 11) is 0. The standard InChI is InChI=1S/C29H50O5/c1-7-10-13-16-22(4)32-26-19-25(21-28(30)31)20-27(33-23(5)17-14-11-8-2)29(26)34-24(6)18-15-12-9-3/h19-20,22-24H,7-18,21H2,1-6H3,(H,30,31). The lowest BCUT2D eigenvalue weighted by atomic mass is 10.1. The second-order valence-corrected chi connectivity index (χ2v) is 9.76. The molecule has 3 unspecified atom stereocenters. The Balaban J connectivity index is 3.23. The Kier molecular flexibility index (Phi) is 15.5. The minimum absolute atomic E-state index is 0.0132. The van der Waals surface area contributed by atoms with E-state index in [0.717, 1.165) is 38.5 Å². The zero-order chi connectivity index (χ0) is 25.3. The molecule has 0 aliphatic carbocycles. The molecular weight excluding hydrogens is 428 g/mol. The Morgan fingerprint density at radius 1 is 0.706 bits per heavy atom. The van der Waals surface area contributed by atoms with E-state index in [1.165, 1.54) is 38.5 Å². The van der Waals surface area contributed by atoms with Crippen molar-refractivity contribution in [3.05, 3.63) is 17.7 Å². The highest BCUT2D eigenvalue weighted by Crippen LogP contribution is 2.42. The van der Waals surface area contributed by atoms with Gasteiger partial charge in [0.05, 0.1) is 24.7 Å². The fourth-order valence-corrected chi connectivity index (χ4v) is 4.06. The SMILES string of the molecule is CCCCCC(C)Oc1cc(CC(=O)O)cc(OC(C)CCCCC)c1OC(C)CCCCC. The average molecular weight is 479 g/mol. The molecule has 1 N–H and O–H groups in total. The number of hydrogen-bond acceptors (Lipinski definition) is 4. The molecule has 0 fully saturated rings. The molecule has 0 aromatic heterocycles. The van der Waals surface area contributed by atoms with Gasteiger partial charge in [-0.3, -0.25) is 4.79 Å². The fraction of sp³-hybridized carbons (Fsp3) is 0.759. The van der Waals surface area contributed by atoms with Crippen LogP contribution in [0, 0.1) is 0 Å². The summed E-state index contributed by atoms with van der Waals surface area (Å²) in [5, 5.41) is 9.42. The predicted octanol–water partition coefficient (Wildman–Crippen LogP) is 8.36. The third kappa shape index (κ3) is 12.5. The highest BCUT2D eigenvalue weighted by Gasteiger charge is 2.22. The number of carbonyl (C=O) groups is 1. The van der Waals surface area contributed by atoms with Crippen LogP contribution < -0.4 is 14.2 Å². The molecule has 0 amide bonds. The smallest absolute Gasteiger partial charge is 0.307 e. The molecule has 0 saturated heterocycles. The van der Waals surface area contributed by atoms with Crippen molar-refractivity contribution < 1.29 is 24.1 Å². The van der Waals surface area contributed by atoms with Crippen LogP contribution in [-0.4, -0.2) is 29.4 Å². The predicted molar refractivity (Wildman–Crippen MR) is 140 cm³/mol. The van der Waals surface area contributed by atoms with Crippen molar-refractivity contribution in [2.75, 3.05) is 0 Å². The molecule has 5 heteroatoms. The van der Waals surface area contributed by atoms with E-state index in [2.05, 4.69) is 41.5 Å². The van der Waals surface area contributed by atoms with Crippen LogP contribution in [0.3, 0.4) is 0 Å². The summed E-state index contributed by atoms with van der Waals surface area (Å²) in [4.78, 5) is 11.5. The van der Waals surface area contributed by atoms with E-state index in [1.807, 2.05) is 12.1 Å². The lowest BCUT2D eigenvalue weighted by Gasteiger charge is -2.25. The van der Waals surface area contributed by atoms with Crippen molar-refractivity contribution in [3.63, 3.8) is 0 Å². The van der Waals surface area contributed by atoms with Crippen LogP contribution in [0.5, 0.6) is 17.2 Å². The van der Waals surface area contributed by atoms with Crippen LogP contribution in [-0.2, 0) is 11.2 Å². The number of ether oxygens (including phenoxy) is 3. The summed E-state index contributed by atoms with van der Waals surface area (Å²) in [6.07, 6.45) is 13.2. The van der Waals surface area contributed by atoms with E-state index in [1.54, 1.807) is 0 Å². The van der Waals surface area contributed by atoms with Crippen molar-refractivity contribution in [1.29, 1.82) is 0 Å². The first-order valence-corrected chi connectivity index (χ1v) is 13.7. The van der Waals surface area contributed by atoms with Gasteiger partial charge < -0.3 is 19.3 Å². The average Bonchev–Trinajstić information content (AvgIpc) is 2.76. The quantitative estimate of drug-likeness (QED) is 0.191. The maximum Gasteiger partial charge on any atom is 0.307 e. The lowest BCUT2D eigenvalue weighted by Crippen LogP contribution is -2.19. The molecule has 34 heavy (non-hydrogen) atoms. The Morgan fingerprint density at radius 3 is 1.44 bits per heavy atom. The fourth-order valence-electron chi connectivity index (χ4n) is 4.06. The number of carboxylic acid groups (broad SMARTS) is 1. The van der Waals surface area contributed by atoms with E-state index < -0.39 is 5.97 Å². The molecule has 1 rings (SSSR count). The molecule has 0 saturated carbocycles. The molecule has 1 aromatic carbocycles. The molecular formula is C29H50O5. The van der Waals surface area contributed by atoms with Gasteiger partial charge in [-0.15, -0.1) is 0 Å². The number of benzene rings is 1. The van der Waals surface area contributed by atoms with Crippen LogP contribution in [0.1, 0.15) is 124 Å². The summed E-state index contributed by atoms with van der Waals surface area (Å²) in [5.74, 6) is 0.940. The van der Waals surface area contributed by atoms with Gasteiger partial charge in [-0.1, -0.05) is 59.3 Å². The lowest BCUT2D eigenvalue weighted by molar-refractivity contribution is -0.136. The topological polar surface area (TPSA) is 65.0 Å². The van der Waals surface area contributed by atoms with E-state index in [0.29, 0.717) is 22.8 Å². The summed E-state index contributed by atoms with van der Waals surface area (Å²) in [5.41, 5.74) is 0.671. The van der Waals surface area contributed by atoms with E-state index >= 15 is 0 Å². The number of rotatable bonds is 20. The zero-order valence-corrected chi connectivity index (χ0v) is 22.7. The second-order valence-electron chi connectivity index (χ2n) is 9.76. The molecule has 3 atom stereocenters. The van der Waals surface area contributed by atoms with Gasteiger partial charge in [-0.25, -0.2) is 0 Å². The highest BCUT2D eigenvalue weighted by atomic mass is 16.6. The van der Waals surface area contributed by atoms with Crippen LogP contribution in [0.4, 0.5) is 0 Å². The van der Waals surface area contributed by atoms with Gasteiger partial charge in [0.1, 0.15) is 0 Å². The van der Waals surface area contributed by atoms with Crippen LogP contribution in [0.15, 0.2) is 12.1 Å². The first kappa shape index (κ1) is 30.1. The van der Waals surface area contributed by atoms with Gasteiger partial charge in [0.25, 0.3) is 0 Å². The normalized spacial score (nSPS) is 13.8. The number of unbranched alkanes of at least 4 members (excludes halogenated alkanes) is 6. The maximum atomic E-state index is 11.5. The van der Waals surface area contributed by atoms with Crippen LogP contribution in [0.2, 0.25) is 0 Å². The molecule has 0 radical (unpaired) electrons. The van der Waals surface area contributed by atoms with Gasteiger partial charge in [0.15, 0.2) is 11.5 Å². The second kappa shape index (κ2) is 17.5. The summed E-state index contributed by atoms with van der Waals surface area (Å²) in [6.45, 7) is 12.8. The molecule has 0 aliphatic rings. The Morgan fingerprint density at radius 2 is 1.09 bits per heavy atom. The largest absolute Gasteiger partial charge is 0.487 e. The number of carboxylic acids is 1. The van der Waals surface area contributed by atoms with Crippen molar-refractivity contribution >= 4 is 5.97 Å². The highest BCUT2D eigenvalue weighted by molar-refractivity contribution is 5.71. The van der Waals surface area contributed by atoms with Crippen LogP contribution in [0.25, 0.3) is 0 Å². The van der Waals surface area contributed by atoms with Gasteiger partial charge >= 0.3 is 5.97 Å². The minimum Gasteiger partial charge on any atom is -0.487 e. The van der Waals surface area contributed by atoms with Gasteiger partial charge in [-0.05, 0) is 77.0 Å². The maximum absolute atomic E-state index is 11.5. The minimum atomic E-state index is -0.870. The first-order chi connectivity index (χ1) is 16.3.